The number of ether oxygens (including phenoxy) is 2. The highest BCUT2D eigenvalue weighted by atomic mass is 16.6. The van der Waals surface area contributed by atoms with Crippen LogP contribution in [0.15, 0.2) is 94.6 Å². The molecule has 2 N–H and O–H groups in total. The summed E-state index contributed by atoms with van der Waals surface area (Å²) in [6.07, 6.45) is 2.77. The summed E-state index contributed by atoms with van der Waals surface area (Å²) in [6.45, 7) is 2.11. The fourth-order valence-corrected chi connectivity index (χ4v) is 3.38. The van der Waals surface area contributed by atoms with Gasteiger partial charge >= 0.3 is 5.97 Å². The Morgan fingerprint density at radius 3 is 2.30 bits per heavy atom. The Balaban J connectivity index is 1.34. The molecule has 1 heterocycles. The minimum Gasteiger partial charge on any atom is -0.490 e. The number of nitro groups is 1. The molecule has 0 saturated carbocycles. The number of hydrogen-bond donors (Lipinski definition) is 2. The molecule has 0 bridgehead atoms. The van der Waals surface area contributed by atoms with E-state index in [0.717, 1.165) is 0 Å². The van der Waals surface area contributed by atoms with Gasteiger partial charge in [-0.1, -0.05) is 0 Å². The summed E-state index contributed by atoms with van der Waals surface area (Å²) >= 11 is 0. The zero-order valence-electron chi connectivity index (χ0n) is 21.0. The van der Waals surface area contributed by atoms with E-state index in [0.29, 0.717) is 29.2 Å². The molecule has 4 aromatic rings. The first-order valence-corrected chi connectivity index (χ1v) is 11.9. The van der Waals surface area contributed by atoms with Crippen molar-refractivity contribution in [1.29, 1.82) is 0 Å². The molecule has 4 rings (SSSR count). The maximum absolute atomic E-state index is 12.5. The minimum absolute atomic E-state index is 0.0516. The summed E-state index contributed by atoms with van der Waals surface area (Å²) < 4.78 is 15.9. The number of nitrogens with zero attached hydrogens (tertiary/aromatic N) is 2. The van der Waals surface area contributed by atoms with Gasteiger partial charge in [0.1, 0.15) is 0 Å². The van der Waals surface area contributed by atoms with Gasteiger partial charge in [-0.2, -0.15) is 5.10 Å². The van der Waals surface area contributed by atoms with Crippen molar-refractivity contribution in [3.05, 3.63) is 118 Å². The van der Waals surface area contributed by atoms with Gasteiger partial charge in [0.15, 0.2) is 11.5 Å². The number of hydrogen-bond acceptors (Lipinski definition) is 9. The van der Waals surface area contributed by atoms with Crippen molar-refractivity contribution < 1.29 is 33.2 Å². The second kappa shape index (κ2) is 12.6. The van der Waals surface area contributed by atoms with Gasteiger partial charge in [-0.05, 0) is 79.2 Å². The van der Waals surface area contributed by atoms with Crippen LogP contribution in [0.1, 0.15) is 43.8 Å². The Morgan fingerprint density at radius 1 is 0.950 bits per heavy atom. The number of esters is 1. The van der Waals surface area contributed by atoms with Crippen LogP contribution in [0.2, 0.25) is 0 Å². The van der Waals surface area contributed by atoms with E-state index in [-0.39, 0.29) is 22.8 Å². The van der Waals surface area contributed by atoms with Crippen LogP contribution in [0.3, 0.4) is 0 Å². The smallest absolute Gasteiger partial charge is 0.379 e. The molecule has 0 unspecified atom stereocenters. The summed E-state index contributed by atoms with van der Waals surface area (Å²) in [4.78, 5) is 47.2. The average Bonchev–Trinajstić information content (AvgIpc) is 3.50. The number of anilines is 1. The summed E-state index contributed by atoms with van der Waals surface area (Å²) in [5.74, 6) is -1.05. The van der Waals surface area contributed by atoms with E-state index >= 15 is 0 Å². The molecule has 2 amide bonds. The maximum atomic E-state index is 12.5. The number of carbonyl (C=O) groups excluding carboxylic acids is 3. The summed E-state index contributed by atoms with van der Waals surface area (Å²) in [6, 6.07) is 19.1. The number of non-ortho nitro benzene ring substituents is 1. The van der Waals surface area contributed by atoms with Crippen LogP contribution < -0.4 is 20.2 Å². The first-order chi connectivity index (χ1) is 19.3. The van der Waals surface area contributed by atoms with Crippen molar-refractivity contribution in [2.24, 2.45) is 5.10 Å². The van der Waals surface area contributed by atoms with Crippen LogP contribution in [0, 0.1) is 10.1 Å². The maximum Gasteiger partial charge on any atom is 0.379 e. The normalized spacial score (nSPS) is 10.6. The zero-order chi connectivity index (χ0) is 28.5. The lowest BCUT2D eigenvalue weighted by Gasteiger charge is -2.10. The second-order valence-corrected chi connectivity index (χ2v) is 8.04. The Kier molecular flexibility index (Phi) is 8.62. The number of hydrazone groups is 1. The van der Waals surface area contributed by atoms with Crippen molar-refractivity contribution in [3.8, 4) is 11.5 Å². The highest BCUT2D eigenvalue weighted by Crippen LogP contribution is 2.29. The topological polar surface area (TPSA) is 162 Å². The largest absolute Gasteiger partial charge is 0.490 e. The van der Waals surface area contributed by atoms with Gasteiger partial charge in [0, 0.05) is 28.9 Å². The molecule has 0 saturated heterocycles. The van der Waals surface area contributed by atoms with Crippen LogP contribution in [0.4, 0.5) is 11.4 Å². The molecule has 0 radical (unpaired) electrons. The van der Waals surface area contributed by atoms with E-state index in [2.05, 4.69) is 15.8 Å². The molecule has 0 aliphatic heterocycles. The molecule has 202 valence electrons. The molecule has 0 atom stereocenters. The van der Waals surface area contributed by atoms with E-state index < -0.39 is 22.7 Å². The first kappa shape index (κ1) is 27.3. The molecular formula is C28H22N4O8. The summed E-state index contributed by atoms with van der Waals surface area (Å²) in [5, 5.41) is 17.4. The Morgan fingerprint density at radius 2 is 1.65 bits per heavy atom. The second-order valence-electron chi connectivity index (χ2n) is 8.04. The quantitative estimate of drug-likeness (QED) is 0.0947. The molecule has 3 aromatic carbocycles. The van der Waals surface area contributed by atoms with Crippen LogP contribution in [0.5, 0.6) is 11.5 Å². The molecule has 40 heavy (non-hydrogen) atoms. The van der Waals surface area contributed by atoms with Gasteiger partial charge in [0.05, 0.1) is 24.0 Å². The van der Waals surface area contributed by atoms with Crippen LogP contribution in [-0.4, -0.2) is 35.5 Å². The van der Waals surface area contributed by atoms with Crippen molar-refractivity contribution in [1.82, 2.24) is 5.43 Å². The molecule has 0 spiro atoms. The lowest BCUT2D eigenvalue weighted by molar-refractivity contribution is -0.384. The third-order valence-corrected chi connectivity index (χ3v) is 5.32. The zero-order valence-corrected chi connectivity index (χ0v) is 21.0. The fraction of sp³-hybridized carbons (Fsp3) is 0.0714. The van der Waals surface area contributed by atoms with E-state index in [1.807, 2.05) is 0 Å². The molecule has 12 nitrogen and oxygen atoms in total. The van der Waals surface area contributed by atoms with E-state index in [1.54, 1.807) is 43.3 Å². The number of rotatable bonds is 10. The molecule has 1 aromatic heterocycles. The van der Waals surface area contributed by atoms with Crippen molar-refractivity contribution in [3.63, 3.8) is 0 Å². The van der Waals surface area contributed by atoms with Gasteiger partial charge in [0.25, 0.3) is 17.5 Å². The number of carbonyl (C=O) groups is 3. The van der Waals surface area contributed by atoms with Gasteiger partial charge in [-0.15, -0.1) is 0 Å². The number of amides is 2. The van der Waals surface area contributed by atoms with Crippen LogP contribution in [-0.2, 0) is 0 Å². The highest BCUT2D eigenvalue weighted by Gasteiger charge is 2.15. The highest BCUT2D eigenvalue weighted by molar-refractivity contribution is 6.04. The lowest BCUT2D eigenvalue weighted by Crippen LogP contribution is -2.18. The molecule has 0 aliphatic rings. The predicted octanol–water partition coefficient (Wildman–Crippen LogP) is 4.82. The van der Waals surface area contributed by atoms with Gasteiger partial charge in [0.2, 0.25) is 5.76 Å². The van der Waals surface area contributed by atoms with Crippen LogP contribution >= 0.6 is 0 Å². The number of furan rings is 1. The summed E-state index contributed by atoms with van der Waals surface area (Å²) in [5.41, 5.74) is 3.84. The molecular weight excluding hydrogens is 520 g/mol. The first-order valence-electron chi connectivity index (χ1n) is 11.9. The Labute approximate surface area is 227 Å². The van der Waals surface area contributed by atoms with Gasteiger partial charge < -0.3 is 19.2 Å². The summed E-state index contributed by atoms with van der Waals surface area (Å²) in [7, 11) is 0. The van der Waals surface area contributed by atoms with E-state index in [1.165, 1.54) is 54.9 Å². The number of nitrogens with one attached hydrogen (secondary N) is 2. The Hall–Kier alpha value is -5.78. The van der Waals surface area contributed by atoms with Crippen molar-refractivity contribution in [2.75, 3.05) is 11.9 Å². The Bertz CT molecular complexity index is 1550. The van der Waals surface area contributed by atoms with E-state index in [9.17, 15) is 24.5 Å². The molecule has 0 aliphatic carbocycles. The van der Waals surface area contributed by atoms with Crippen molar-refractivity contribution in [2.45, 2.75) is 6.92 Å². The standard InChI is InChI=1S/C28H22N4O8/c1-2-38-25-16-18(5-14-23(25)40-28(35)24-4-3-15-39-24)17-29-31-27(34)20-6-10-21(11-7-20)30-26(33)19-8-12-22(13-9-19)32(36)37/h3-17H,2H2,1H3,(H,30,33)(H,31,34)/b29-17-. The number of nitro benzene ring substituents is 1. The third-order valence-electron chi connectivity index (χ3n) is 5.32. The number of benzene rings is 3. The monoisotopic (exact) mass is 542 g/mol. The average molecular weight is 543 g/mol. The van der Waals surface area contributed by atoms with Crippen LogP contribution in [0.25, 0.3) is 0 Å². The fourth-order valence-electron chi connectivity index (χ4n) is 3.38. The third kappa shape index (κ3) is 6.95. The van der Waals surface area contributed by atoms with Crippen molar-refractivity contribution >= 4 is 35.4 Å². The molecule has 0 fully saturated rings. The SMILES string of the molecule is CCOc1cc(/C=N\NC(=O)c2ccc(NC(=O)c3ccc([N+](=O)[O-])cc3)cc2)ccc1OC(=O)c1ccco1. The van der Waals surface area contributed by atoms with E-state index in [4.69, 9.17) is 13.9 Å². The minimum atomic E-state index is -0.670. The molecule has 12 heteroatoms. The van der Waals surface area contributed by atoms with Gasteiger partial charge in [-0.25, -0.2) is 10.2 Å². The van der Waals surface area contributed by atoms with Gasteiger partial charge in [-0.3, -0.25) is 19.7 Å². The lowest BCUT2D eigenvalue weighted by atomic mass is 10.1. The predicted molar refractivity (Wildman–Crippen MR) is 144 cm³/mol.